The summed E-state index contributed by atoms with van der Waals surface area (Å²) in [6.45, 7) is 8.26. The Morgan fingerprint density at radius 2 is 2.09 bits per heavy atom. The molecule has 1 aromatic heterocycles. The van der Waals surface area contributed by atoms with Crippen molar-refractivity contribution in [1.29, 1.82) is 0 Å². The fourth-order valence-corrected chi connectivity index (χ4v) is 2.90. The number of anilines is 2. The normalized spacial score (nSPS) is 14.5. The van der Waals surface area contributed by atoms with Crippen LogP contribution < -0.4 is 10.2 Å². The molecule has 0 amide bonds. The van der Waals surface area contributed by atoms with E-state index in [9.17, 15) is 5.11 Å². The molecule has 0 fully saturated rings. The fourth-order valence-electron chi connectivity index (χ4n) is 2.90. The number of aromatic nitrogens is 2. The van der Waals surface area contributed by atoms with Gasteiger partial charge in [0.15, 0.2) is 0 Å². The molecule has 5 nitrogen and oxygen atoms in total. The van der Waals surface area contributed by atoms with Gasteiger partial charge in [0.1, 0.15) is 5.82 Å². The van der Waals surface area contributed by atoms with Gasteiger partial charge in [-0.1, -0.05) is 18.2 Å². The van der Waals surface area contributed by atoms with Crippen molar-refractivity contribution in [2.75, 3.05) is 23.3 Å². The van der Waals surface area contributed by atoms with Gasteiger partial charge in [-0.2, -0.15) is 4.98 Å². The number of benzene rings is 1. The Morgan fingerprint density at radius 3 is 2.83 bits per heavy atom. The Labute approximate surface area is 137 Å². The number of fused-ring (bicyclic) bond motifs is 1. The lowest BCUT2D eigenvalue weighted by Crippen LogP contribution is -2.31. The Kier molecular flexibility index (Phi) is 4.22. The van der Waals surface area contributed by atoms with Gasteiger partial charge in [0.25, 0.3) is 0 Å². The second-order valence-corrected chi connectivity index (χ2v) is 6.48. The fraction of sp³-hybridized carbons (Fsp3) is 0.444. The first kappa shape index (κ1) is 15.7. The van der Waals surface area contributed by atoms with Crippen LogP contribution in [0, 0.1) is 0 Å². The van der Waals surface area contributed by atoms with Gasteiger partial charge in [-0.3, -0.25) is 0 Å². The number of nitrogens with zero attached hydrogens (tertiary/aromatic N) is 3. The zero-order chi connectivity index (χ0) is 16.4. The molecule has 0 radical (unpaired) electrons. The molecule has 122 valence electrons. The van der Waals surface area contributed by atoms with E-state index in [0.29, 0.717) is 5.95 Å². The van der Waals surface area contributed by atoms with E-state index in [1.807, 2.05) is 32.9 Å². The van der Waals surface area contributed by atoms with Gasteiger partial charge in [0.2, 0.25) is 5.95 Å². The van der Waals surface area contributed by atoms with Crippen LogP contribution in [0.3, 0.4) is 0 Å². The van der Waals surface area contributed by atoms with Crippen molar-refractivity contribution < 1.29 is 5.11 Å². The van der Waals surface area contributed by atoms with Gasteiger partial charge >= 0.3 is 0 Å². The van der Waals surface area contributed by atoms with Crippen molar-refractivity contribution in [1.82, 2.24) is 9.97 Å². The summed E-state index contributed by atoms with van der Waals surface area (Å²) in [4.78, 5) is 11.1. The molecule has 1 aliphatic rings. The number of aliphatic hydroxyl groups is 1. The highest BCUT2D eigenvalue weighted by Gasteiger charge is 2.22. The predicted molar refractivity (Wildman–Crippen MR) is 92.6 cm³/mol. The average molecular weight is 312 g/mol. The minimum atomic E-state index is -0.792. The lowest BCUT2D eigenvalue weighted by molar-refractivity contribution is 0.0785. The van der Waals surface area contributed by atoms with E-state index in [1.54, 1.807) is 6.20 Å². The quantitative estimate of drug-likeness (QED) is 0.909. The van der Waals surface area contributed by atoms with Crippen LogP contribution >= 0.6 is 0 Å². The maximum Gasteiger partial charge on any atom is 0.224 e. The van der Waals surface area contributed by atoms with Gasteiger partial charge < -0.3 is 15.3 Å². The molecular weight excluding hydrogens is 288 g/mol. The number of hydrogen-bond donors (Lipinski definition) is 2. The molecule has 1 aromatic carbocycles. The third-order valence-electron chi connectivity index (χ3n) is 4.22. The summed E-state index contributed by atoms with van der Waals surface area (Å²) in [7, 11) is 0. The van der Waals surface area contributed by atoms with Crippen molar-refractivity contribution in [3.63, 3.8) is 0 Å². The van der Waals surface area contributed by atoms with E-state index in [4.69, 9.17) is 0 Å². The number of nitrogens with one attached hydrogen (secondary N) is 1. The third-order valence-corrected chi connectivity index (χ3v) is 4.22. The molecule has 0 unspecified atom stereocenters. The van der Waals surface area contributed by atoms with Crippen molar-refractivity contribution in [2.24, 2.45) is 0 Å². The summed E-state index contributed by atoms with van der Waals surface area (Å²) in [5.74, 6) is 1.63. The topological polar surface area (TPSA) is 61.3 Å². The zero-order valence-corrected chi connectivity index (χ0v) is 14.0. The first-order valence-electron chi connectivity index (χ1n) is 8.14. The van der Waals surface area contributed by atoms with E-state index in [-0.39, 0.29) is 0 Å². The van der Waals surface area contributed by atoms with Crippen molar-refractivity contribution in [3.05, 3.63) is 47.2 Å². The van der Waals surface area contributed by atoms with Crippen LogP contribution in [0.5, 0.6) is 0 Å². The van der Waals surface area contributed by atoms with Crippen LogP contribution in [0.25, 0.3) is 0 Å². The average Bonchev–Trinajstić information content (AvgIpc) is 2.53. The Balaban J connectivity index is 1.82. The first-order chi connectivity index (χ1) is 11.0. The predicted octanol–water partition coefficient (Wildman–Crippen LogP) is 2.70. The van der Waals surface area contributed by atoms with Gasteiger partial charge in [-0.15, -0.1) is 0 Å². The minimum absolute atomic E-state index is 0.674. The van der Waals surface area contributed by atoms with Crippen LogP contribution in [0.15, 0.2) is 30.5 Å². The van der Waals surface area contributed by atoms with Gasteiger partial charge in [-0.05, 0) is 49.9 Å². The molecule has 0 spiro atoms. The third kappa shape index (κ3) is 3.45. The molecule has 0 bridgehead atoms. The highest BCUT2D eigenvalue weighted by molar-refractivity contribution is 5.47. The van der Waals surface area contributed by atoms with E-state index in [2.05, 4.69) is 32.3 Å². The summed E-state index contributed by atoms with van der Waals surface area (Å²) in [5, 5.41) is 13.3. The molecule has 0 saturated carbocycles. The monoisotopic (exact) mass is 312 g/mol. The molecule has 0 saturated heterocycles. The summed E-state index contributed by atoms with van der Waals surface area (Å²) >= 11 is 0. The largest absolute Gasteiger partial charge is 0.386 e. The van der Waals surface area contributed by atoms with E-state index < -0.39 is 5.60 Å². The molecule has 3 rings (SSSR count). The summed E-state index contributed by atoms with van der Waals surface area (Å²) in [6, 6.07) is 8.24. The van der Waals surface area contributed by atoms with Gasteiger partial charge in [0.05, 0.1) is 5.60 Å². The molecule has 0 atom stereocenters. The Hall–Kier alpha value is -2.14. The lowest BCUT2D eigenvalue weighted by atomic mass is 9.91. The first-order valence-corrected chi connectivity index (χ1v) is 8.14. The van der Waals surface area contributed by atoms with E-state index >= 15 is 0 Å². The summed E-state index contributed by atoms with van der Waals surface area (Å²) in [5.41, 5.74) is 2.80. The van der Waals surface area contributed by atoms with Crippen LogP contribution in [-0.4, -0.2) is 28.2 Å². The molecule has 5 heteroatoms. The van der Waals surface area contributed by atoms with Crippen LogP contribution in [0.1, 0.15) is 37.5 Å². The Morgan fingerprint density at radius 1 is 1.26 bits per heavy atom. The summed E-state index contributed by atoms with van der Waals surface area (Å²) < 4.78 is 0. The maximum atomic E-state index is 10.2. The molecule has 23 heavy (non-hydrogen) atoms. The molecular formula is C18H24N4O. The number of rotatable bonds is 4. The lowest BCUT2D eigenvalue weighted by Gasteiger charge is -2.31. The van der Waals surface area contributed by atoms with Crippen LogP contribution in [0.2, 0.25) is 0 Å². The van der Waals surface area contributed by atoms with Gasteiger partial charge in [-0.25, -0.2) is 4.98 Å². The van der Waals surface area contributed by atoms with Crippen molar-refractivity contribution in [2.45, 2.75) is 39.3 Å². The molecule has 1 aliphatic heterocycles. The van der Waals surface area contributed by atoms with Crippen LogP contribution in [0.4, 0.5) is 11.8 Å². The van der Waals surface area contributed by atoms with E-state index in [1.165, 1.54) is 11.1 Å². The molecule has 2 aromatic rings. The Bertz CT molecular complexity index is 694. The standard InChI is InChI=1S/C18H24N4O/c1-4-19-17-20-9-7-16(21-17)22-10-8-13-11-15(18(2,3)23)6-5-14(13)12-22/h5-7,9,11,23H,4,8,10,12H2,1-3H3,(H,19,20,21). The molecule has 2 heterocycles. The highest BCUT2D eigenvalue weighted by atomic mass is 16.3. The zero-order valence-electron chi connectivity index (χ0n) is 14.0. The number of hydrogen-bond acceptors (Lipinski definition) is 5. The highest BCUT2D eigenvalue weighted by Crippen LogP contribution is 2.28. The van der Waals surface area contributed by atoms with Gasteiger partial charge in [0, 0.05) is 25.8 Å². The van der Waals surface area contributed by atoms with Crippen LogP contribution in [-0.2, 0) is 18.6 Å². The summed E-state index contributed by atoms with van der Waals surface area (Å²) in [6.07, 6.45) is 2.76. The molecule has 2 N–H and O–H groups in total. The van der Waals surface area contributed by atoms with Crippen molar-refractivity contribution >= 4 is 11.8 Å². The maximum absolute atomic E-state index is 10.2. The SMILES string of the molecule is CCNc1nccc(N2CCc3cc(C(C)(C)O)ccc3C2)n1. The molecule has 0 aliphatic carbocycles. The smallest absolute Gasteiger partial charge is 0.224 e. The second-order valence-electron chi connectivity index (χ2n) is 6.48. The second kappa shape index (κ2) is 6.16. The minimum Gasteiger partial charge on any atom is -0.386 e. The van der Waals surface area contributed by atoms with E-state index in [0.717, 1.165) is 37.4 Å². The van der Waals surface area contributed by atoms with Crippen molar-refractivity contribution in [3.8, 4) is 0 Å².